The van der Waals surface area contributed by atoms with Gasteiger partial charge in [-0.05, 0) is 112 Å². The van der Waals surface area contributed by atoms with E-state index in [4.69, 9.17) is 52.6 Å². The standard InChI is InChI=1S/C62H51Br2Cl2N7O18/c63-9-11-87-55-45-20-30-21-46(55)91-43-8-4-28(18-37(43)66)54(79)53-61(85)72-52(62(86)88-12-10-64)35-23-32(75)24-41(78)47(35)34-17-27(3-5-39(34)76)49(58(82)73-53)70-60(84)51(30)71-59(83)50-29-15-31(74)22-33(16-29)89-44-19-26(2-6-40(44)77)48(67)57(81)68-38(56(80)69-50)14-25-1-7-42(90-45)36(65)13-25/h1-8,13,15-24,38,48-54,74-79H,9-12,14,67H2,(H,68,81)(H,69,80)(H,70,84)(H,71,83)(H,72,85)(H,73,82)/t38-,48+,49-,50+,51-,52-,53+,54-/m1/s1. The molecule has 0 unspecified atom stereocenters. The molecule has 91 heavy (non-hydrogen) atoms. The number of benzene rings is 7. The molecule has 6 heterocycles. The third kappa shape index (κ3) is 13.1. The second-order valence-corrected chi connectivity index (χ2v) is 23.5. The highest BCUT2D eigenvalue weighted by molar-refractivity contribution is 9.09. The third-order valence-corrected chi connectivity index (χ3v) is 16.3. The molecule has 25 nitrogen and oxygen atoms in total. The lowest BCUT2D eigenvalue weighted by atomic mass is 9.89. The first-order chi connectivity index (χ1) is 43.5. The molecule has 6 amide bonds. The largest absolute Gasteiger partial charge is 0.508 e. The fourth-order valence-electron chi connectivity index (χ4n) is 10.7. The summed E-state index contributed by atoms with van der Waals surface area (Å²) in [6.07, 6.45) is -2.39. The van der Waals surface area contributed by atoms with Crippen molar-refractivity contribution in [2.24, 2.45) is 5.73 Å². The van der Waals surface area contributed by atoms with Crippen LogP contribution in [0.2, 0.25) is 10.0 Å². The Morgan fingerprint density at radius 2 is 1.13 bits per heavy atom. The minimum Gasteiger partial charge on any atom is -0.508 e. The highest BCUT2D eigenvalue weighted by Gasteiger charge is 2.42. The molecule has 0 spiro atoms. The monoisotopic (exact) mass is 1410 g/mol. The van der Waals surface area contributed by atoms with E-state index in [2.05, 4.69) is 63.8 Å². The number of aliphatic hydroxyl groups excluding tert-OH is 1. The van der Waals surface area contributed by atoms with Crippen LogP contribution in [0, 0.1) is 0 Å². The van der Waals surface area contributed by atoms with Crippen molar-refractivity contribution in [1.82, 2.24) is 31.9 Å². The van der Waals surface area contributed by atoms with E-state index in [0.29, 0.717) is 5.56 Å². The number of nitrogens with one attached hydrogen (secondary N) is 6. The number of rotatable bonds is 6. The topological polar surface area (TPSA) is 385 Å². The van der Waals surface area contributed by atoms with E-state index in [0.717, 1.165) is 36.4 Å². The number of carbonyl (C=O) groups excluding carboxylic acids is 7. The summed E-state index contributed by atoms with van der Waals surface area (Å²) >= 11 is 20.6. The molecule has 0 aromatic heterocycles. The van der Waals surface area contributed by atoms with E-state index in [1.807, 2.05) is 0 Å². The Bertz CT molecular complexity index is 4160. The molecule has 17 bridgehead atoms. The van der Waals surface area contributed by atoms with Crippen LogP contribution < -0.4 is 56.6 Å². The van der Waals surface area contributed by atoms with Crippen molar-refractivity contribution in [3.05, 3.63) is 164 Å². The quantitative estimate of drug-likeness (QED) is 0.0594. The molecule has 7 aromatic rings. The van der Waals surface area contributed by atoms with Gasteiger partial charge in [0.1, 0.15) is 89.2 Å². The predicted octanol–water partition coefficient (Wildman–Crippen LogP) is 6.91. The number of phenolic OH excluding ortho intramolecular Hbond substituents is 5. The normalized spacial score (nSPS) is 21.3. The van der Waals surface area contributed by atoms with Crippen LogP contribution in [-0.4, -0.2) is 108 Å². The first kappa shape index (κ1) is 63.1. The Kier molecular flexibility index (Phi) is 18.1. The number of phenols is 5. The maximum Gasteiger partial charge on any atom is 0.333 e. The number of fused-ring (bicyclic) bond motifs is 14. The van der Waals surface area contributed by atoms with Crippen molar-refractivity contribution < 1.29 is 87.9 Å². The third-order valence-electron chi connectivity index (χ3n) is 15.1. The fraction of sp³-hybridized carbons (Fsp3) is 0.210. The number of hydrogen-bond acceptors (Lipinski definition) is 19. The molecule has 13 rings (SSSR count). The molecular formula is C62H51Br2Cl2N7O18. The molecule has 8 atom stereocenters. The minimum atomic E-state index is -2.13. The summed E-state index contributed by atoms with van der Waals surface area (Å²) in [5.74, 6) is -12.3. The van der Waals surface area contributed by atoms with Crippen molar-refractivity contribution >= 4 is 96.5 Å². The van der Waals surface area contributed by atoms with E-state index < -0.39 is 119 Å². The zero-order valence-corrected chi connectivity index (χ0v) is 51.5. The van der Waals surface area contributed by atoms with E-state index in [1.165, 1.54) is 78.9 Å². The number of amides is 6. The predicted molar refractivity (Wildman–Crippen MR) is 330 cm³/mol. The average Bonchev–Trinajstić information content (AvgIpc) is 0.866. The van der Waals surface area contributed by atoms with Crippen LogP contribution >= 0.6 is 55.1 Å². The van der Waals surface area contributed by atoms with Gasteiger partial charge in [-0.15, -0.1) is 0 Å². The van der Waals surface area contributed by atoms with Crippen LogP contribution in [0.3, 0.4) is 0 Å². The molecule has 14 N–H and O–H groups in total. The van der Waals surface area contributed by atoms with E-state index in [-0.39, 0.29) is 125 Å². The lowest BCUT2D eigenvalue weighted by Gasteiger charge is -2.31. The summed E-state index contributed by atoms with van der Waals surface area (Å²) in [5, 5.41) is 84.5. The van der Waals surface area contributed by atoms with Gasteiger partial charge in [-0.25, -0.2) is 4.79 Å². The molecule has 0 saturated heterocycles. The van der Waals surface area contributed by atoms with Crippen molar-refractivity contribution in [1.29, 1.82) is 0 Å². The number of hydrogen-bond donors (Lipinski definition) is 13. The molecule has 0 saturated carbocycles. The Labute approximate surface area is 541 Å². The average molecular weight is 1410 g/mol. The van der Waals surface area contributed by atoms with Crippen molar-refractivity contribution in [3.63, 3.8) is 0 Å². The summed E-state index contributed by atoms with van der Waals surface area (Å²) in [5.41, 5.74) is 5.11. The Morgan fingerprint density at radius 1 is 0.538 bits per heavy atom. The second-order valence-electron chi connectivity index (χ2n) is 21.1. The van der Waals surface area contributed by atoms with Crippen molar-refractivity contribution in [2.45, 2.75) is 54.8 Å². The summed E-state index contributed by atoms with van der Waals surface area (Å²) in [4.78, 5) is 105. The molecular weight excluding hydrogens is 1360 g/mol. The van der Waals surface area contributed by atoms with Gasteiger partial charge in [0.15, 0.2) is 29.0 Å². The van der Waals surface area contributed by atoms with E-state index in [9.17, 15) is 45.0 Å². The number of aromatic hydroxyl groups is 5. The molecule has 6 aliphatic rings. The van der Waals surface area contributed by atoms with Crippen LogP contribution in [0.25, 0.3) is 11.1 Å². The molecule has 470 valence electrons. The summed E-state index contributed by atoms with van der Waals surface area (Å²) < 4.78 is 30.9. The lowest BCUT2D eigenvalue weighted by Crippen LogP contribution is -2.55. The zero-order chi connectivity index (χ0) is 64.7. The summed E-state index contributed by atoms with van der Waals surface area (Å²) in [7, 11) is 0. The van der Waals surface area contributed by atoms with Crippen LogP contribution in [0.1, 0.15) is 75.3 Å². The Hall–Kier alpha value is -9.51. The molecule has 0 fully saturated rings. The number of alkyl halides is 2. The SMILES string of the molecule is N[C@@H]1C(=O)N[C@@H]2Cc3ccc(c(Cl)c3)Oc3cc4cc(c3OCCBr)Oc3ccc(cc3Cl)[C@@H](O)[C@@H]3NC(=O)[C@H](NC(=O)[C@@H]4NC(=O)[C@@H](NC2=O)c2cc(O)cc(c2)Oc2cc1ccc2O)c1ccc(O)c(c1)-c1c(O)cc(O)cc1[C@H](C(=O)OCCBr)NC3=O. The van der Waals surface area contributed by atoms with Gasteiger partial charge >= 0.3 is 5.97 Å². The first-order valence-electron chi connectivity index (χ1n) is 27.6. The van der Waals surface area contributed by atoms with Crippen molar-refractivity contribution in [3.8, 4) is 80.1 Å². The second kappa shape index (κ2) is 26.1. The molecule has 0 aliphatic carbocycles. The van der Waals surface area contributed by atoms with Gasteiger partial charge in [0.05, 0.1) is 16.7 Å². The number of carbonyl (C=O) groups is 7. The highest BCUT2D eigenvalue weighted by Crippen LogP contribution is 2.49. The maximum atomic E-state index is 16.0. The minimum absolute atomic E-state index is 0.0453. The lowest BCUT2D eigenvalue weighted by molar-refractivity contribution is -0.148. The Balaban J connectivity index is 1.16. The van der Waals surface area contributed by atoms with Gasteiger partial charge < -0.3 is 92.0 Å². The molecule has 6 aliphatic heterocycles. The molecule has 0 radical (unpaired) electrons. The highest BCUT2D eigenvalue weighted by atomic mass is 79.9. The summed E-state index contributed by atoms with van der Waals surface area (Å²) in [6.45, 7) is -0.323. The molecule has 7 aromatic carbocycles. The van der Waals surface area contributed by atoms with Crippen molar-refractivity contribution in [2.75, 3.05) is 23.9 Å². The van der Waals surface area contributed by atoms with Gasteiger partial charge in [0, 0.05) is 45.9 Å². The first-order valence-corrected chi connectivity index (χ1v) is 30.6. The Morgan fingerprint density at radius 3 is 1.81 bits per heavy atom. The zero-order valence-electron chi connectivity index (χ0n) is 46.8. The van der Waals surface area contributed by atoms with Gasteiger partial charge in [-0.1, -0.05) is 79.3 Å². The summed E-state index contributed by atoms with van der Waals surface area (Å²) in [6, 6.07) is 10.0. The van der Waals surface area contributed by atoms with Gasteiger partial charge in [0.2, 0.25) is 41.2 Å². The van der Waals surface area contributed by atoms with Crippen LogP contribution in [0.4, 0.5) is 0 Å². The smallest absolute Gasteiger partial charge is 0.333 e. The van der Waals surface area contributed by atoms with E-state index in [1.54, 1.807) is 0 Å². The number of ether oxygens (including phenoxy) is 5. The number of halogens is 4. The van der Waals surface area contributed by atoms with Gasteiger partial charge in [0.25, 0.3) is 0 Å². The maximum absolute atomic E-state index is 16.0. The van der Waals surface area contributed by atoms with Crippen LogP contribution in [0.5, 0.6) is 69.0 Å². The van der Waals surface area contributed by atoms with E-state index >= 15 is 19.2 Å². The van der Waals surface area contributed by atoms with Gasteiger partial charge in [-0.2, -0.15) is 0 Å². The molecule has 29 heteroatoms. The number of nitrogens with two attached hydrogens (primary N) is 1. The number of aliphatic hydroxyl groups is 1. The van der Waals surface area contributed by atoms with Crippen LogP contribution in [0.15, 0.2) is 115 Å². The number of esters is 1. The van der Waals surface area contributed by atoms with Crippen LogP contribution in [-0.2, 0) is 44.7 Å². The fourth-order valence-corrected chi connectivity index (χ4v) is 11.5. The van der Waals surface area contributed by atoms with Gasteiger partial charge in [-0.3, -0.25) is 28.8 Å².